The van der Waals surface area contributed by atoms with Gasteiger partial charge in [-0.1, -0.05) is 67.1 Å². The molecule has 4 aromatic rings. The van der Waals surface area contributed by atoms with Gasteiger partial charge in [-0.15, -0.1) is 5.10 Å². The Morgan fingerprint density at radius 1 is 1.03 bits per heavy atom. The van der Waals surface area contributed by atoms with E-state index in [-0.39, 0.29) is 11.7 Å². The van der Waals surface area contributed by atoms with Crippen molar-refractivity contribution in [2.24, 2.45) is 0 Å². The van der Waals surface area contributed by atoms with Crippen LogP contribution in [0.2, 0.25) is 5.02 Å². The van der Waals surface area contributed by atoms with Crippen LogP contribution in [0.15, 0.2) is 72.8 Å². The van der Waals surface area contributed by atoms with Gasteiger partial charge < -0.3 is 5.32 Å². The zero-order chi connectivity index (χ0) is 21.1. The molecule has 6 heteroatoms. The number of nitrogens with one attached hydrogen (secondary N) is 1. The van der Waals surface area contributed by atoms with Crippen LogP contribution in [0.1, 0.15) is 28.7 Å². The number of aryl methyl sites for hydroxylation is 2. The molecule has 150 valence electrons. The molecule has 1 amide bonds. The van der Waals surface area contributed by atoms with Gasteiger partial charge in [-0.3, -0.25) is 4.79 Å². The first-order chi connectivity index (χ1) is 14.5. The molecule has 0 bridgehead atoms. The highest BCUT2D eigenvalue weighted by molar-refractivity contribution is 6.30. The van der Waals surface area contributed by atoms with E-state index in [0.717, 1.165) is 23.2 Å². The summed E-state index contributed by atoms with van der Waals surface area (Å²) in [6, 6.07) is 23.0. The second kappa shape index (κ2) is 8.51. The zero-order valence-electron chi connectivity index (χ0n) is 16.8. The van der Waals surface area contributed by atoms with Crippen LogP contribution in [0.25, 0.3) is 17.1 Å². The molecule has 4 rings (SSSR count). The van der Waals surface area contributed by atoms with Crippen molar-refractivity contribution >= 4 is 23.2 Å². The number of halogens is 1. The van der Waals surface area contributed by atoms with Gasteiger partial charge in [-0.05, 0) is 48.7 Å². The van der Waals surface area contributed by atoms with Crippen LogP contribution in [0.4, 0.5) is 5.69 Å². The minimum absolute atomic E-state index is 0.0906. The van der Waals surface area contributed by atoms with E-state index in [0.29, 0.717) is 16.5 Å². The number of carbonyl (C=O) groups excluding carboxylic acids is 1. The van der Waals surface area contributed by atoms with Gasteiger partial charge in [-0.25, -0.2) is 9.67 Å². The van der Waals surface area contributed by atoms with Gasteiger partial charge in [0.15, 0.2) is 5.82 Å². The Bertz CT molecular complexity index is 1180. The maximum absolute atomic E-state index is 12.9. The van der Waals surface area contributed by atoms with E-state index in [9.17, 15) is 4.79 Å². The normalized spacial score (nSPS) is 10.8. The molecule has 1 N–H and O–H groups in total. The molecule has 3 aromatic carbocycles. The first-order valence-electron chi connectivity index (χ1n) is 9.74. The fourth-order valence-corrected chi connectivity index (χ4v) is 3.34. The summed E-state index contributed by atoms with van der Waals surface area (Å²) in [7, 11) is 0. The molecule has 5 nitrogen and oxygen atoms in total. The third-order valence-corrected chi connectivity index (χ3v) is 5.10. The topological polar surface area (TPSA) is 59.8 Å². The minimum atomic E-state index is -0.366. The number of nitrogens with zero attached hydrogens (tertiary/aromatic N) is 3. The van der Waals surface area contributed by atoms with Crippen LogP contribution in [-0.2, 0) is 6.42 Å². The maximum Gasteiger partial charge on any atom is 0.295 e. The second-order valence-corrected chi connectivity index (χ2v) is 7.41. The summed E-state index contributed by atoms with van der Waals surface area (Å²) in [5.74, 6) is 0.301. The number of rotatable bonds is 5. The lowest BCUT2D eigenvalue weighted by Gasteiger charge is -2.09. The summed E-state index contributed by atoms with van der Waals surface area (Å²) in [5.41, 5.74) is 4.52. The van der Waals surface area contributed by atoms with Crippen molar-refractivity contribution in [1.29, 1.82) is 0 Å². The lowest BCUT2D eigenvalue weighted by Crippen LogP contribution is -2.14. The highest BCUT2D eigenvalue weighted by Crippen LogP contribution is 2.25. The van der Waals surface area contributed by atoms with Gasteiger partial charge in [0, 0.05) is 16.3 Å². The number of amides is 1. The smallest absolute Gasteiger partial charge is 0.295 e. The second-order valence-electron chi connectivity index (χ2n) is 6.97. The van der Waals surface area contributed by atoms with Crippen molar-refractivity contribution in [1.82, 2.24) is 14.8 Å². The van der Waals surface area contributed by atoms with E-state index in [1.54, 1.807) is 4.68 Å². The zero-order valence-corrected chi connectivity index (χ0v) is 17.5. The molecule has 0 fully saturated rings. The number of carbonyl (C=O) groups is 1. The highest BCUT2D eigenvalue weighted by Gasteiger charge is 2.20. The van der Waals surface area contributed by atoms with Crippen molar-refractivity contribution in [3.8, 4) is 17.1 Å². The standard InChI is InChI=1S/C24H21ClN4O/c1-3-17-10-13-20(14-11-17)26-24(30)22-27-23(18-7-5-4-6-8-18)29(28-22)21-15-19(25)12-9-16(21)2/h4-15H,3H2,1-2H3,(H,26,30). The lowest BCUT2D eigenvalue weighted by atomic mass is 10.1. The summed E-state index contributed by atoms with van der Waals surface area (Å²) < 4.78 is 1.67. The summed E-state index contributed by atoms with van der Waals surface area (Å²) in [6.07, 6.45) is 0.944. The average molecular weight is 417 g/mol. The molecule has 1 aromatic heterocycles. The molecule has 0 saturated carbocycles. The minimum Gasteiger partial charge on any atom is -0.319 e. The SMILES string of the molecule is CCc1ccc(NC(=O)c2nc(-c3ccccc3)n(-c3cc(Cl)ccc3C)n2)cc1. The Morgan fingerprint density at radius 3 is 2.47 bits per heavy atom. The molecule has 0 saturated heterocycles. The molecule has 1 heterocycles. The van der Waals surface area contributed by atoms with E-state index in [1.165, 1.54) is 5.56 Å². The molecular weight excluding hydrogens is 396 g/mol. The van der Waals surface area contributed by atoms with E-state index in [1.807, 2.05) is 79.7 Å². The number of hydrogen-bond acceptors (Lipinski definition) is 3. The number of benzene rings is 3. The number of aromatic nitrogens is 3. The van der Waals surface area contributed by atoms with Crippen molar-refractivity contribution in [3.63, 3.8) is 0 Å². The van der Waals surface area contributed by atoms with Crippen LogP contribution in [0.3, 0.4) is 0 Å². The maximum atomic E-state index is 12.9. The Hall–Kier alpha value is -3.44. The van der Waals surface area contributed by atoms with E-state index < -0.39 is 0 Å². The Labute approximate surface area is 180 Å². The van der Waals surface area contributed by atoms with Crippen LogP contribution < -0.4 is 5.32 Å². The quantitative estimate of drug-likeness (QED) is 0.453. The average Bonchev–Trinajstić information content (AvgIpc) is 3.22. The monoisotopic (exact) mass is 416 g/mol. The molecule has 0 aliphatic heterocycles. The van der Waals surface area contributed by atoms with Gasteiger partial charge in [0.2, 0.25) is 5.82 Å². The molecule has 0 unspecified atom stereocenters. The predicted molar refractivity (Wildman–Crippen MR) is 120 cm³/mol. The highest BCUT2D eigenvalue weighted by atomic mass is 35.5. The van der Waals surface area contributed by atoms with E-state index in [2.05, 4.69) is 22.3 Å². The molecular formula is C24H21ClN4O. The number of hydrogen-bond donors (Lipinski definition) is 1. The van der Waals surface area contributed by atoms with Crippen LogP contribution in [0, 0.1) is 6.92 Å². The third kappa shape index (κ3) is 4.11. The van der Waals surface area contributed by atoms with Gasteiger partial charge in [0.25, 0.3) is 5.91 Å². The Kier molecular flexibility index (Phi) is 5.63. The predicted octanol–water partition coefficient (Wildman–Crippen LogP) is 5.71. The van der Waals surface area contributed by atoms with Gasteiger partial charge >= 0.3 is 0 Å². The van der Waals surface area contributed by atoms with Gasteiger partial charge in [-0.2, -0.15) is 0 Å². The van der Waals surface area contributed by atoms with Gasteiger partial charge in [0.1, 0.15) is 0 Å². The summed E-state index contributed by atoms with van der Waals surface area (Å²) in [6.45, 7) is 4.06. The molecule has 0 radical (unpaired) electrons. The fourth-order valence-electron chi connectivity index (χ4n) is 3.17. The van der Waals surface area contributed by atoms with Crippen LogP contribution in [-0.4, -0.2) is 20.7 Å². The third-order valence-electron chi connectivity index (χ3n) is 4.86. The number of anilines is 1. The van der Waals surface area contributed by atoms with Crippen molar-refractivity contribution in [3.05, 3.63) is 94.8 Å². The molecule has 0 aliphatic carbocycles. The molecule has 0 spiro atoms. The largest absolute Gasteiger partial charge is 0.319 e. The van der Waals surface area contributed by atoms with E-state index >= 15 is 0 Å². The van der Waals surface area contributed by atoms with Crippen molar-refractivity contribution in [2.45, 2.75) is 20.3 Å². The summed E-state index contributed by atoms with van der Waals surface area (Å²) in [4.78, 5) is 17.4. The molecule has 0 atom stereocenters. The Balaban J connectivity index is 1.75. The van der Waals surface area contributed by atoms with Crippen LogP contribution in [0.5, 0.6) is 0 Å². The lowest BCUT2D eigenvalue weighted by molar-refractivity contribution is 0.101. The molecule has 30 heavy (non-hydrogen) atoms. The molecule has 0 aliphatic rings. The fraction of sp³-hybridized carbons (Fsp3) is 0.125. The van der Waals surface area contributed by atoms with Crippen LogP contribution >= 0.6 is 11.6 Å². The van der Waals surface area contributed by atoms with E-state index in [4.69, 9.17) is 11.6 Å². The van der Waals surface area contributed by atoms with Crippen molar-refractivity contribution < 1.29 is 4.79 Å². The summed E-state index contributed by atoms with van der Waals surface area (Å²) in [5, 5.41) is 7.99. The Morgan fingerprint density at radius 2 is 1.77 bits per heavy atom. The van der Waals surface area contributed by atoms with Crippen molar-refractivity contribution in [2.75, 3.05) is 5.32 Å². The van der Waals surface area contributed by atoms with Gasteiger partial charge in [0.05, 0.1) is 5.69 Å². The first kappa shape index (κ1) is 19.9. The summed E-state index contributed by atoms with van der Waals surface area (Å²) >= 11 is 6.23. The first-order valence-corrected chi connectivity index (χ1v) is 10.1.